The number of hydrogen-bond donors (Lipinski definition) is 3. The fourth-order valence-electron chi connectivity index (χ4n) is 3.73. The van der Waals surface area contributed by atoms with Gasteiger partial charge in [-0.15, -0.1) is 11.3 Å². The minimum absolute atomic E-state index is 0.158. The fourth-order valence-corrected chi connectivity index (χ4v) is 5.06. The van der Waals surface area contributed by atoms with Crippen molar-refractivity contribution in [2.45, 2.75) is 46.1 Å². The summed E-state index contributed by atoms with van der Waals surface area (Å²) in [6, 6.07) is 9.90. The third-order valence-electron chi connectivity index (χ3n) is 5.50. The van der Waals surface area contributed by atoms with Gasteiger partial charge in [0.1, 0.15) is 0 Å². The van der Waals surface area contributed by atoms with Crippen molar-refractivity contribution in [3.8, 4) is 11.4 Å². The second kappa shape index (κ2) is 9.15. The van der Waals surface area contributed by atoms with E-state index in [-0.39, 0.29) is 18.2 Å². The molecule has 0 saturated heterocycles. The van der Waals surface area contributed by atoms with E-state index in [9.17, 15) is 9.59 Å². The lowest BCUT2D eigenvalue weighted by Crippen LogP contribution is -2.41. The van der Waals surface area contributed by atoms with E-state index < -0.39 is 0 Å². The number of hydrogen-bond acceptors (Lipinski definition) is 5. The molecule has 1 aliphatic carbocycles. The number of thiophene rings is 1. The third-order valence-corrected chi connectivity index (χ3v) is 7.05. The van der Waals surface area contributed by atoms with Crippen molar-refractivity contribution in [3.05, 3.63) is 56.0 Å². The summed E-state index contributed by atoms with van der Waals surface area (Å²) in [5, 5.41) is 7.08. The molecule has 0 radical (unpaired) electrons. The van der Waals surface area contributed by atoms with E-state index in [1.54, 1.807) is 4.57 Å². The molecule has 3 aromatic rings. The van der Waals surface area contributed by atoms with Gasteiger partial charge in [-0.05, 0) is 56.0 Å². The Labute approximate surface area is 189 Å². The summed E-state index contributed by atoms with van der Waals surface area (Å²) in [6.45, 7) is 4.61. The molecule has 7 nitrogen and oxygen atoms in total. The first-order valence-electron chi connectivity index (χ1n) is 10.3. The summed E-state index contributed by atoms with van der Waals surface area (Å²) in [6.07, 6.45) is 3.35. The van der Waals surface area contributed by atoms with Gasteiger partial charge in [0.05, 0.1) is 4.88 Å². The maximum Gasteiger partial charge on any atom is 0.279 e. The predicted molar refractivity (Wildman–Crippen MR) is 123 cm³/mol. The molecule has 1 unspecified atom stereocenters. The highest BCUT2D eigenvalue weighted by Gasteiger charge is 2.21. The number of carbonyl (C=O) groups is 2. The molecule has 162 valence electrons. The minimum Gasteiger partial charge on any atom is -0.300 e. The zero-order valence-corrected chi connectivity index (χ0v) is 19.2. The highest BCUT2D eigenvalue weighted by atomic mass is 32.1. The zero-order valence-electron chi connectivity index (χ0n) is 17.5. The Hall–Kier alpha value is -2.78. The first-order valence-corrected chi connectivity index (χ1v) is 11.6. The number of aromatic amines is 1. The second-order valence-electron chi connectivity index (χ2n) is 8.03. The molecule has 1 aromatic carbocycles. The van der Waals surface area contributed by atoms with Crippen molar-refractivity contribution in [1.29, 1.82) is 0 Å². The van der Waals surface area contributed by atoms with Crippen LogP contribution in [0.5, 0.6) is 0 Å². The Morgan fingerprint density at radius 3 is 2.84 bits per heavy atom. The molecule has 0 bridgehead atoms. The van der Waals surface area contributed by atoms with Crippen molar-refractivity contribution < 1.29 is 9.59 Å². The van der Waals surface area contributed by atoms with Gasteiger partial charge in [0.25, 0.3) is 5.91 Å². The number of benzene rings is 1. The SMILES string of the molecule is Cc1ccc(-c2n[nH]c(=S)n2CCC(=O)NNC(=O)c2cc3c(s2)CCC(C)C3)cc1. The Morgan fingerprint density at radius 1 is 1.29 bits per heavy atom. The number of carbonyl (C=O) groups excluding carboxylic acids is 2. The quantitative estimate of drug-likeness (QED) is 0.401. The lowest BCUT2D eigenvalue weighted by Gasteiger charge is -2.16. The van der Waals surface area contributed by atoms with E-state index in [1.165, 1.54) is 21.8 Å². The number of hydrazine groups is 1. The van der Waals surface area contributed by atoms with E-state index in [4.69, 9.17) is 12.2 Å². The number of aromatic nitrogens is 3. The minimum atomic E-state index is -0.291. The first-order chi connectivity index (χ1) is 14.9. The van der Waals surface area contributed by atoms with Gasteiger partial charge < -0.3 is 0 Å². The number of amides is 2. The number of H-pyrrole nitrogens is 1. The van der Waals surface area contributed by atoms with E-state index in [1.807, 2.05) is 37.3 Å². The van der Waals surface area contributed by atoms with E-state index >= 15 is 0 Å². The van der Waals surface area contributed by atoms with Crippen LogP contribution < -0.4 is 10.9 Å². The molecule has 3 N–H and O–H groups in total. The first kappa shape index (κ1) is 21.5. The van der Waals surface area contributed by atoms with Gasteiger partial charge in [-0.1, -0.05) is 36.8 Å². The highest BCUT2D eigenvalue weighted by Crippen LogP contribution is 2.32. The van der Waals surface area contributed by atoms with Crippen LogP contribution in [0, 0.1) is 17.6 Å². The normalized spacial score (nSPS) is 15.4. The number of rotatable bonds is 5. The van der Waals surface area contributed by atoms with Crippen molar-refractivity contribution in [2.75, 3.05) is 0 Å². The Bertz CT molecular complexity index is 1160. The smallest absolute Gasteiger partial charge is 0.279 e. The summed E-state index contributed by atoms with van der Waals surface area (Å²) < 4.78 is 2.24. The molecule has 4 rings (SSSR count). The second-order valence-corrected chi connectivity index (χ2v) is 9.55. The van der Waals surface area contributed by atoms with Crippen molar-refractivity contribution in [3.63, 3.8) is 0 Å². The van der Waals surface area contributed by atoms with E-state index in [0.29, 0.717) is 27.9 Å². The number of nitrogens with zero attached hydrogens (tertiary/aromatic N) is 2. The molecular weight excluding hydrogens is 430 g/mol. The molecule has 0 aliphatic heterocycles. The van der Waals surface area contributed by atoms with Crippen LogP contribution in [0.2, 0.25) is 0 Å². The van der Waals surface area contributed by atoms with Gasteiger partial charge in [0, 0.05) is 23.4 Å². The number of aryl methyl sites for hydroxylation is 2. The largest absolute Gasteiger partial charge is 0.300 e. The highest BCUT2D eigenvalue weighted by molar-refractivity contribution is 7.71. The van der Waals surface area contributed by atoms with Crippen molar-refractivity contribution in [1.82, 2.24) is 25.6 Å². The van der Waals surface area contributed by atoms with Gasteiger partial charge in [0.15, 0.2) is 10.6 Å². The molecule has 0 fully saturated rings. The molecular formula is C22H25N5O2S2. The summed E-state index contributed by atoms with van der Waals surface area (Å²) in [5.41, 5.74) is 8.37. The van der Waals surface area contributed by atoms with Crippen LogP contribution in [0.3, 0.4) is 0 Å². The monoisotopic (exact) mass is 455 g/mol. The Balaban J connectivity index is 1.33. The van der Waals surface area contributed by atoms with Crippen LogP contribution in [-0.2, 0) is 24.2 Å². The summed E-state index contributed by atoms with van der Waals surface area (Å²) >= 11 is 6.83. The third kappa shape index (κ3) is 4.94. The maximum absolute atomic E-state index is 12.4. The van der Waals surface area contributed by atoms with Crippen molar-refractivity contribution >= 4 is 35.4 Å². The van der Waals surface area contributed by atoms with Crippen LogP contribution in [0.4, 0.5) is 0 Å². The van der Waals surface area contributed by atoms with Gasteiger partial charge in [-0.3, -0.25) is 30.1 Å². The molecule has 2 amide bonds. The molecule has 2 aromatic heterocycles. The molecule has 31 heavy (non-hydrogen) atoms. The summed E-state index contributed by atoms with van der Waals surface area (Å²) in [7, 11) is 0. The zero-order chi connectivity index (χ0) is 22.0. The summed E-state index contributed by atoms with van der Waals surface area (Å²) in [4.78, 5) is 26.7. The van der Waals surface area contributed by atoms with Gasteiger partial charge in [-0.25, -0.2) is 0 Å². The molecule has 2 heterocycles. The average molecular weight is 456 g/mol. The lowest BCUT2D eigenvalue weighted by molar-refractivity contribution is -0.122. The van der Waals surface area contributed by atoms with Gasteiger partial charge in [0.2, 0.25) is 5.91 Å². The molecule has 0 saturated carbocycles. The Kier molecular flexibility index (Phi) is 6.33. The molecule has 1 atom stereocenters. The topological polar surface area (TPSA) is 91.8 Å². The van der Waals surface area contributed by atoms with Crippen LogP contribution >= 0.6 is 23.6 Å². The molecule has 1 aliphatic rings. The van der Waals surface area contributed by atoms with Crippen LogP contribution in [-0.4, -0.2) is 26.6 Å². The fraction of sp³-hybridized carbons (Fsp3) is 0.364. The van der Waals surface area contributed by atoms with Gasteiger partial charge in [-0.2, -0.15) is 5.10 Å². The van der Waals surface area contributed by atoms with E-state index in [2.05, 4.69) is 28.0 Å². The predicted octanol–water partition coefficient (Wildman–Crippen LogP) is 3.95. The maximum atomic E-state index is 12.4. The van der Waals surface area contributed by atoms with E-state index in [0.717, 1.165) is 30.4 Å². The van der Waals surface area contributed by atoms with Gasteiger partial charge >= 0.3 is 0 Å². The summed E-state index contributed by atoms with van der Waals surface area (Å²) in [5.74, 6) is 0.763. The average Bonchev–Trinajstić information content (AvgIpc) is 3.34. The Morgan fingerprint density at radius 2 is 2.06 bits per heavy atom. The van der Waals surface area contributed by atoms with Crippen LogP contribution in [0.15, 0.2) is 30.3 Å². The number of fused-ring (bicyclic) bond motifs is 1. The van der Waals surface area contributed by atoms with Crippen molar-refractivity contribution in [2.24, 2.45) is 5.92 Å². The van der Waals surface area contributed by atoms with Crippen LogP contribution in [0.1, 0.15) is 45.4 Å². The standard InChI is InChI=1S/C22H25N5O2S2/c1-13-3-6-15(7-4-13)20-24-26-22(30)27(20)10-9-19(28)23-25-21(29)18-12-16-11-14(2)5-8-17(16)31-18/h3-4,6-7,12,14H,5,8-11H2,1-2H3,(H,23,28)(H,25,29)(H,26,30). The molecule has 0 spiro atoms. The van der Waals surface area contributed by atoms with Crippen LogP contribution in [0.25, 0.3) is 11.4 Å². The molecule has 9 heteroatoms. The lowest BCUT2D eigenvalue weighted by atomic mass is 9.90. The number of nitrogens with one attached hydrogen (secondary N) is 3.